The Balaban J connectivity index is 1.65. The first kappa shape index (κ1) is 13.7. The van der Waals surface area contributed by atoms with E-state index < -0.39 is 0 Å². The van der Waals surface area contributed by atoms with Crippen LogP contribution in [0.4, 0.5) is 10.1 Å². The molecular formula is C17H18FN2O+. The molecule has 0 unspecified atom stereocenters. The summed E-state index contributed by atoms with van der Waals surface area (Å²) < 4.78 is 14.7. The molecule has 0 saturated heterocycles. The number of anilines is 1. The van der Waals surface area contributed by atoms with E-state index in [0.29, 0.717) is 5.69 Å². The topological polar surface area (TPSA) is 33.0 Å². The lowest BCUT2D eigenvalue weighted by molar-refractivity contribution is -0.684. The minimum absolute atomic E-state index is 0.109. The number of rotatable bonds is 3. The van der Waals surface area contributed by atoms with Crippen molar-refractivity contribution >= 4 is 11.6 Å². The molecule has 0 fully saturated rings. The summed E-state index contributed by atoms with van der Waals surface area (Å²) in [7, 11) is 0. The van der Waals surface area contributed by atoms with Gasteiger partial charge in [-0.3, -0.25) is 4.79 Å². The van der Waals surface area contributed by atoms with E-state index in [1.165, 1.54) is 36.1 Å². The summed E-state index contributed by atoms with van der Waals surface area (Å²) in [6, 6.07) is 7.90. The van der Waals surface area contributed by atoms with Gasteiger partial charge in [0.15, 0.2) is 12.4 Å². The maximum atomic E-state index is 12.8. The lowest BCUT2D eigenvalue weighted by atomic mass is 9.93. The number of hydrogen-bond acceptors (Lipinski definition) is 1. The van der Waals surface area contributed by atoms with Crippen LogP contribution in [0.2, 0.25) is 0 Å². The van der Waals surface area contributed by atoms with Gasteiger partial charge in [-0.1, -0.05) is 0 Å². The van der Waals surface area contributed by atoms with Gasteiger partial charge in [0, 0.05) is 17.3 Å². The molecule has 0 spiro atoms. The molecule has 3 nitrogen and oxygen atoms in total. The lowest BCUT2D eigenvalue weighted by Crippen LogP contribution is -2.40. The molecule has 1 amide bonds. The normalized spacial score (nSPS) is 13.6. The maximum absolute atomic E-state index is 12.8. The zero-order chi connectivity index (χ0) is 14.7. The fraction of sp³-hybridized carbons (Fsp3) is 0.294. The number of nitrogens with one attached hydrogen (secondary N) is 1. The SMILES string of the molecule is O=C(C[n+]1ccc2c(c1)CCCC2)Nc1ccc(F)cc1. The molecule has 1 N–H and O–H groups in total. The van der Waals surface area contributed by atoms with Gasteiger partial charge in [0.25, 0.3) is 5.91 Å². The Morgan fingerprint density at radius 1 is 1.10 bits per heavy atom. The van der Waals surface area contributed by atoms with Crippen LogP contribution >= 0.6 is 0 Å². The van der Waals surface area contributed by atoms with Gasteiger partial charge in [-0.05, 0) is 55.5 Å². The number of hydrogen-bond donors (Lipinski definition) is 1. The summed E-state index contributed by atoms with van der Waals surface area (Å²) in [4.78, 5) is 12.0. The molecule has 21 heavy (non-hydrogen) atoms. The first-order valence-electron chi connectivity index (χ1n) is 7.27. The third kappa shape index (κ3) is 3.45. The van der Waals surface area contributed by atoms with E-state index in [-0.39, 0.29) is 18.3 Å². The van der Waals surface area contributed by atoms with Crippen molar-refractivity contribution in [2.75, 3.05) is 5.32 Å². The predicted octanol–water partition coefficient (Wildman–Crippen LogP) is 2.63. The van der Waals surface area contributed by atoms with E-state index in [4.69, 9.17) is 0 Å². The molecule has 0 bridgehead atoms. The highest BCUT2D eigenvalue weighted by molar-refractivity contribution is 5.89. The highest BCUT2D eigenvalue weighted by Gasteiger charge is 2.15. The Bertz CT molecular complexity index is 652. The molecule has 0 atom stereocenters. The second-order valence-electron chi connectivity index (χ2n) is 5.43. The highest BCUT2D eigenvalue weighted by Crippen LogP contribution is 2.18. The van der Waals surface area contributed by atoms with E-state index in [9.17, 15) is 9.18 Å². The summed E-state index contributed by atoms with van der Waals surface area (Å²) in [6.45, 7) is 0.269. The van der Waals surface area contributed by atoms with Crippen LogP contribution in [0.25, 0.3) is 0 Å². The number of pyridine rings is 1. The average Bonchev–Trinajstić information content (AvgIpc) is 2.49. The third-order valence-corrected chi connectivity index (χ3v) is 3.80. The number of carbonyl (C=O) groups is 1. The van der Waals surface area contributed by atoms with Gasteiger partial charge in [-0.2, -0.15) is 4.57 Å². The molecule has 1 aliphatic rings. The first-order chi connectivity index (χ1) is 10.2. The Morgan fingerprint density at radius 2 is 1.81 bits per heavy atom. The fourth-order valence-corrected chi connectivity index (χ4v) is 2.72. The third-order valence-electron chi connectivity index (χ3n) is 3.80. The van der Waals surface area contributed by atoms with Crippen LogP contribution in [-0.2, 0) is 24.2 Å². The molecular weight excluding hydrogens is 267 g/mol. The van der Waals surface area contributed by atoms with Gasteiger partial charge >= 0.3 is 0 Å². The summed E-state index contributed by atoms with van der Waals surface area (Å²) in [5.74, 6) is -0.417. The molecule has 1 aliphatic carbocycles. The number of amides is 1. The van der Waals surface area contributed by atoms with E-state index >= 15 is 0 Å². The zero-order valence-electron chi connectivity index (χ0n) is 11.8. The number of halogens is 1. The van der Waals surface area contributed by atoms with Crippen LogP contribution in [0, 0.1) is 5.82 Å². The molecule has 1 aromatic carbocycles. The van der Waals surface area contributed by atoms with Gasteiger partial charge < -0.3 is 5.32 Å². The van der Waals surface area contributed by atoms with Crippen molar-refractivity contribution in [1.82, 2.24) is 0 Å². The second-order valence-corrected chi connectivity index (χ2v) is 5.43. The molecule has 4 heteroatoms. The molecule has 2 aromatic rings. The molecule has 1 heterocycles. The summed E-state index contributed by atoms with van der Waals surface area (Å²) in [5.41, 5.74) is 3.36. The van der Waals surface area contributed by atoms with Gasteiger partial charge in [0.05, 0.1) is 0 Å². The minimum atomic E-state index is -0.308. The van der Waals surface area contributed by atoms with Gasteiger partial charge in [-0.15, -0.1) is 0 Å². The summed E-state index contributed by atoms with van der Waals surface area (Å²) in [6.07, 6.45) is 8.72. The summed E-state index contributed by atoms with van der Waals surface area (Å²) >= 11 is 0. The summed E-state index contributed by atoms with van der Waals surface area (Å²) in [5, 5.41) is 2.77. The van der Waals surface area contributed by atoms with Crippen molar-refractivity contribution in [2.45, 2.75) is 32.2 Å². The van der Waals surface area contributed by atoms with Crippen LogP contribution in [-0.4, -0.2) is 5.91 Å². The highest BCUT2D eigenvalue weighted by atomic mass is 19.1. The Hall–Kier alpha value is -2.23. The average molecular weight is 285 g/mol. The number of carbonyl (C=O) groups excluding carboxylic acids is 1. The number of aromatic nitrogens is 1. The quantitative estimate of drug-likeness (QED) is 0.864. The van der Waals surface area contributed by atoms with E-state index in [1.807, 2.05) is 10.8 Å². The number of fused-ring (bicyclic) bond motifs is 1. The van der Waals surface area contributed by atoms with Crippen molar-refractivity contribution in [3.05, 3.63) is 59.7 Å². The van der Waals surface area contributed by atoms with Gasteiger partial charge in [0.2, 0.25) is 6.54 Å². The predicted molar refractivity (Wildman–Crippen MR) is 78.3 cm³/mol. The molecule has 0 aliphatic heterocycles. The molecule has 108 valence electrons. The number of nitrogens with zero attached hydrogens (tertiary/aromatic N) is 1. The monoisotopic (exact) mass is 285 g/mol. The lowest BCUT2D eigenvalue weighted by Gasteiger charge is -2.13. The van der Waals surface area contributed by atoms with Crippen LogP contribution < -0.4 is 9.88 Å². The minimum Gasteiger partial charge on any atom is -0.321 e. The Labute approximate surface area is 123 Å². The van der Waals surface area contributed by atoms with Crippen molar-refractivity contribution in [2.24, 2.45) is 0 Å². The number of benzene rings is 1. The Kier molecular flexibility index (Phi) is 3.95. The fourth-order valence-electron chi connectivity index (χ4n) is 2.72. The van der Waals surface area contributed by atoms with Crippen molar-refractivity contribution in [1.29, 1.82) is 0 Å². The van der Waals surface area contributed by atoms with Crippen LogP contribution in [0.15, 0.2) is 42.7 Å². The smallest absolute Gasteiger partial charge is 0.290 e. The van der Waals surface area contributed by atoms with Crippen LogP contribution in [0.3, 0.4) is 0 Å². The van der Waals surface area contributed by atoms with Crippen LogP contribution in [0.1, 0.15) is 24.0 Å². The zero-order valence-corrected chi connectivity index (χ0v) is 11.8. The largest absolute Gasteiger partial charge is 0.321 e. The van der Waals surface area contributed by atoms with Crippen molar-refractivity contribution in [3.8, 4) is 0 Å². The molecule has 1 aromatic heterocycles. The van der Waals surface area contributed by atoms with E-state index in [2.05, 4.69) is 17.6 Å². The van der Waals surface area contributed by atoms with Crippen molar-refractivity contribution < 1.29 is 13.8 Å². The van der Waals surface area contributed by atoms with Crippen molar-refractivity contribution in [3.63, 3.8) is 0 Å². The van der Waals surface area contributed by atoms with E-state index in [0.717, 1.165) is 12.8 Å². The van der Waals surface area contributed by atoms with E-state index in [1.54, 1.807) is 12.1 Å². The molecule has 3 rings (SSSR count). The first-order valence-corrected chi connectivity index (χ1v) is 7.27. The molecule has 0 radical (unpaired) electrons. The standard InChI is InChI=1S/C17H17FN2O/c18-15-5-7-16(8-6-15)19-17(21)12-20-10-9-13-3-1-2-4-14(13)11-20/h5-11H,1-4,12H2/p+1. The van der Waals surface area contributed by atoms with Gasteiger partial charge in [-0.25, -0.2) is 4.39 Å². The maximum Gasteiger partial charge on any atom is 0.290 e. The van der Waals surface area contributed by atoms with Crippen LogP contribution in [0.5, 0.6) is 0 Å². The molecule has 0 saturated carbocycles. The van der Waals surface area contributed by atoms with Gasteiger partial charge in [0.1, 0.15) is 5.82 Å². The number of aryl methyl sites for hydroxylation is 2. The second kappa shape index (κ2) is 6.04. The Morgan fingerprint density at radius 3 is 2.57 bits per heavy atom.